The van der Waals surface area contributed by atoms with E-state index in [0.29, 0.717) is 12.5 Å². The van der Waals surface area contributed by atoms with Crippen LogP contribution in [0.5, 0.6) is 0 Å². The molecule has 0 aromatic heterocycles. The predicted molar refractivity (Wildman–Crippen MR) is 62.0 cm³/mol. The molecule has 1 saturated carbocycles. The summed E-state index contributed by atoms with van der Waals surface area (Å²) in [7, 11) is 0. The normalized spacial score (nSPS) is 15.2. The molecule has 1 fully saturated rings. The van der Waals surface area contributed by atoms with Crippen LogP contribution in [0.2, 0.25) is 0 Å². The Bertz CT molecular complexity index is 333. The highest BCUT2D eigenvalue weighted by atomic mass is 16.5. The Morgan fingerprint density at radius 2 is 2.06 bits per heavy atom. The van der Waals surface area contributed by atoms with Gasteiger partial charge in [-0.05, 0) is 24.3 Å². The summed E-state index contributed by atoms with van der Waals surface area (Å²) >= 11 is 0. The van der Waals surface area contributed by atoms with Gasteiger partial charge >= 0.3 is 6.09 Å². The van der Waals surface area contributed by atoms with Gasteiger partial charge in [-0.2, -0.15) is 0 Å². The number of nitrogens with one attached hydrogen (secondary N) is 1. The van der Waals surface area contributed by atoms with Crippen molar-refractivity contribution in [2.24, 2.45) is 5.92 Å². The molecule has 0 unspecified atom stereocenters. The maximum absolute atomic E-state index is 11.3. The number of hydrogen-bond acceptors (Lipinski definition) is 2. The standard InChI is InChI=1S/C13H17NO2/c15-13(14-9-11-7-4-8-11)16-10-12-5-2-1-3-6-12/h1-3,5-6,11H,4,7-10H2,(H,14,15). The van der Waals surface area contributed by atoms with Crippen LogP contribution in [0.1, 0.15) is 24.8 Å². The van der Waals surface area contributed by atoms with Crippen LogP contribution >= 0.6 is 0 Å². The number of carbonyl (C=O) groups is 1. The van der Waals surface area contributed by atoms with Crippen LogP contribution in [0.25, 0.3) is 0 Å². The predicted octanol–water partition coefficient (Wildman–Crippen LogP) is 2.71. The van der Waals surface area contributed by atoms with E-state index in [4.69, 9.17) is 4.74 Å². The third-order valence-corrected chi connectivity index (χ3v) is 2.97. The quantitative estimate of drug-likeness (QED) is 0.845. The summed E-state index contributed by atoms with van der Waals surface area (Å²) in [5.74, 6) is 0.671. The van der Waals surface area contributed by atoms with Gasteiger partial charge in [0.25, 0.3) is 0 Å². The molecule has 1 aromatic carbocycles. The molecule has 1 aliphatic rings. The van der Waals surface area contributed by atoms with Crippen molar-refractivity contribution in [3.05, 3.63) is 35.9 Å². The Kier molecular flexibility index (Phi) is 3.81. The van der Waals surface area contributed by atoms with Crippen molar-refractivity contribution in [2.75, 3.05) is 6.54 Å². The first-order chi connectivity index (χ1) is 7.84. The van der Waals surface area contributed by atoms with Crippen LogP contribution in [0, 0.1) is 5.92 Å². The molecule has 0 radical (unpaired) electrons. The second-order valence-corrected chi connectivity index (χ2v) is 4.24. The van der Waals surface area contributed by atoms with Crippen molar-refractivity contribution in [3.8, 4) is 0 Å². The molecule has 2 rings (SSSR count). The highest BCUT2D eigenvalue weighted by molar-refractivity contribution is 5.67. The van der Waals surface area contributed by atoms with Crippen LogP contribution in [-0.4, -0.2) is 12.6 Å². The Morgan fingerprint density at radius 1 is 1.31 bits per heavy atom. The zero-order valence-corrected chi connectivity index (χ0v) is 9.32. The number of amides is 1. The van der Waals surface area contributed by atoms with Gasteiger partial charge < -0.3 is 10.1 Å². The first-order valence-corrected chi connectivity index (χ1v) is 5.79. The van der Waals surface area contributed by atoms with Crippen molar-refractivity contribution in [1.82, 2.24) is 5.32 Å². The minimum Gasteiger partial charge on any atom is -0.445 e. The number of alkyl carbamates (subject to hydrolysis) is 1. The largest absolute Gasteiger partial charge is 0.445 e. The van der Waals surface area contributed by atoms with Crippen molar-refractivity contribution in [3.63, 3.8) is 0 Å². The summed E-state index contributed by atoms with van der Waals surface area (Å²) in [4.78, 5) is 11.3. The summed E-state index contributed by atoms with van der Waals surface area (Å²) in [5.41, 5.74) is 1.02. The van der Waals surface area contributed by atoms with E-state index in [1.54, 1.807) is 0 Å². The minimum atomic E-state index is -0.309. The van der Waals surface area contributed by atoms with Crippen LogP contribution < -0.4 is 5.32 Å². The molecule has 1 aliphatic carbocycles. The Hall–Kier alpha value is -1.51. The van der Waals surface area contributed by atoms with Gasteiger partial charge in [0.15, 0.2) is 0 Å². The van der Waals surface area contributed by atoms with Crippen LogP contribution in [0.15, 0.2) is 30.3 Å². The van der Waals surface area contributed by atoms with Gasteiger partial charge in [-0.1, -0.05) is 36.8 Å². The average molecular weight is 219 g/mol. The smallest absolute Gasteiger partial charge is 0.407 e. The summed E-state index contributed by atoms with van der Waals surface area (Å²) in [6.07, 6.45) is 3.46. The molecule has 3 nitrogen and oxygen atoms in total. The molecule has 16 heavy (non-hydrogen) atoms. The highest BCUT2D eigenvalue weighted by Gasteiger charge is 2.17. The number of rotatable bonds is 4. The first kappa shape index (κ1) is 11.0. The molecule has 0 saturated heterocycles. The summed E-state index contributed by atoms with van der Waals surface area (Å²) in [5, 5.41) is 2.79. The van der Waals surface area contributed by atoms with Crippen LogP contribution in [-0.2, 0) is 11.3 Å². The summed E-state index contributed by atoms with van der Waals surface area (Å²) in [6.45, 7) is 1.10. The fourth-order valence-electron chi connectivity index (χ4n) is 1.70. The number of ether oxygens (including phenoxy) is 1. The van der Waals surface area contributed by atoms with E-state index in [0.717, 1.165) is 12.1 Å². The van der Waals surface area contributed by atoms with Gasteiger partial charge in [-0.15, -0.1) is 0 Å². The fraction of sp³-hybridized carbons (Fsp3) is 0.462. The second kappa shape index (κ2) is 5.54. The molecular weight excluding hydrogens is 202 g/mol. The molecule has 1 N–H and O–H groups in total. The third kappa shape index (κ3) is 3.26. The van der Waals surface area contributed by atoms with Crippen molar-refractivity contribution < 1.29 is 9.53 Å². The molecule has 0 heterocycles. The van der Waals surface area contributed by atoms with E-state index in [-0.39, 0.29) is 6.09 Å². The maximum atomic E-state index is 11.3. The third-order valence-electron chi connectivity index (χ3n) is 2.97. The van der Waals surface area contributed by atoms with Crippen LogP contribution in [0.4, 0.5) is 4.79 Å². The average Bonchev–Trinajstić information content (AvgIpc) is 2.26. The molecule has 0 aliphatic heterocycles. The highest BCUT2D eigenvalue weighted by Crippen LogP contribution is 2.25. The zero-order valence-electron chi connectivity index (χ0n) is 9.32. The lowest BCUT2D eigenvalue weighted by atomic mass is 9.85. The first-order valence-electron chi connectivity index (χ1n) is 5.79. The van der Waals surface area contributed by atoms with Gasteiger partial charge in [0.05, 0.1) is 0 Å². The van der Waals surface area contributed by atoms with Crippen LogP contribution in [0.3, 0.4) is 0 Å². The topological polar surface area (TPSA) is 38.3 Å². The van der Waals surface area contributed by atoms with Gasteiger partial charge in [0.2, 0.25) is 0 Å². The number of carbonyl (C=O) groups excluding carboxylic acids is 1. The lowest BCUT2D eigenvalue weighted by Gasteiger charge is -2.25. The van der Waals surface area contributed by atoms with Gasteiger partial charge in [-0.3, -0.25) is 0 Å². The van der Waals surface area contributed by atoms with Gasteiger partial charge in [0, 0.05) is 6.54 Å². The van der Waals surface area contributed by atoms with Crippen molar-refractivity contribution in [1.29, 1.82) is 0 Å². The molecule has 3 heteroatoms. The number of hydrogen-bond donors (Lipinski definition) is 1. The van der Waals surface area contributed by atoms with Gasteiger partial charge in [0.1, 0.15) is 6.61 Å². The maximum Gasteiger partial charge on any atom is 0.407 e. The van der Waals surface area contributed by atoms with Gasteiger partial charge in [-0.25, -0.2) is 4.79 Å². The Labute approximate surface area is 95.8 Å². The second-order valence-electron chi connectivity index (χ2n) is 4.24. The Morgan fingerprint density at radius 3 is 2.69 bits per heavy atom. The van der Waals surface area contributed by atoms with E-state index in [1.165, 1.54) is 19.3 Å². The SMILES string of the molecule is O=C(NCC1CCC1)OCc1ccccc1. The molecule has 1 aromatic rings. The molecule has 0 spiro atoms. The molecule has 1 amide bonds. The van der Waals surface area contributed by atoms with E-state index in [9.17, 15) is 4.79 Å². The Balaban J connectivity index is 1.63. The van der Waals surface area contributed by atoms with E-state index in [2.05, 4.69) is 5.32 Å². The summed E-state index contributed by atoms with van der Waals surface area (Å²) in [6, 6.07) is 9.70. The lowest BCUT2D eigenvalue weighted by molar-refractivity contribution is 0.135. The van der Waals surface area contributed by atoms with Crippen molar-refractivity contribution >= 4 is 6.09 Å². The lowest BCUT2D eigenvalue weighted by Crippen LogP contribution is -2.32. The van der Waals surface area contributed by atoms with E-state index >= 15 is 0 Å². The molecule has 0 bridgehead atoms. The minimum absolute atomic E-state index is 0.309. The molecule has 86 valence electrons. The fourth-order valence-corrected chi connectivity index (χ4v) is 1.70. The van der Waals surface area contributed by atoms with E-state index in [1.807, 2.05) is 30.3 Å². The van der Waals surface area contributed by atoms with E-state index < -0.39 is 0 Å². The zero-order chi connectivity index (χ0) is 11.2. The number of benzene rings is 1. The molecule has 0 atom stereocenters. The molecular formula is C13H17NO2. The summed E-state index contributed by atoms with van der Waals surface area (Å²) < 4.78 is 5.10. The van der Waals surface area contributed by atoms with Crippen molar-refractivity contribution in [2.45, 2.75) is 25.9 Å². The monoisotopic (exact) mass is 219 g/mol.